The molecule has 2 rings (SSSR count). The highest BCUT2D eigenvalue weighted by atomic mass is 16.2. The van der Waals surface area contributed by atoms with E-state index >= 15 is 0 Å². The van der Waals surface area contributed by atoms with Gasteiger partial charge in [-0.1, -0.05) is 19.3 Å². The fourth-order valence-corrected chi connectivity index (χ4v) is 3.12. The Hall–Kier alpha value is -0.730. The zero-order valence-corrected chi connectivity index (χ0v) is 9.01. The predicted molar refractivity (Wildman–Crippen MR) is 56.2 cm³/mol. The van der Waals surface area contributed by atoms with Gasteiger partial charge in [-0.2, -0.15) is 0 Å². The summed E-state index contributed by atoms with van der Waals surface area (Å²) < 4.78 is 0. The van der Waals surface area contributed by atoms with Gasteiger partial charge in [-0.3, -0.25) is 0 Å². The first kappa shape index (κ1) is 9.81. The predicted octanol–water partition coefficient (Wildman–Crippen LogP) is 2.12. The maximum absolute atomic E-state index is 11.7. The smallest absolute Gasteiger partial charge is 0.317 e. The third kappa shape index (κ3) is 1.49. The zero-order valence-electron chi connectivity index (χ0n) is 9.01. The minimum Gasteiger partial charge on any atom is -0.341 e. The monoisotopic (exact) mass is 196 g/mol. The van der Waals surface area contributed by atoms with Gasteiger partial charge in [0.2, 0.25) is 0 Å². The summed E-state index contributed by atoms with van der Waals surface area (Å²) in [6.07, 6.45) is 8.80. The first-order valence-electron chi connectivity index (χ1n) is 5.78. The second-order valence-electron chi connectivity index (χ2n) is 4.60. The summed E-state index contributed by atoms with van der Waals surface area (Å²) in [6.45, 7) is 0.958. The van der Waals surface area contributed by atoms with Gasteiger partial charge in [0, 0.05) is 19.1 Å². The largest absolute Gasteiger partial charge is 0.341 e. The van der Waals surface area contributed by atoms with E-state index in [-0.39, 0.29) is 11.6 Å². The van der Waals surface area contributed by atoms with E-state index in [1.807, 2.05) is 0 Å². The molecular formula is C11H20N2O. The highest BCUT2D eigenvalue weighted by Gasteiger charge is 2.43. The maximum Gasteiger partial charge on any atom is 0.317 e. The lowest BCUT2D eigenvalue weighted by Crippen LogP contribution is -2.51. The molecule has 1 aliphatic heterocycles. The fourth-order valence-electron chi connectivity index (χ4n) is 3.12. The molecule has 0 aromatic carbocycles. The van der Waals surface area contributed by atoms with Crippen LogP contribution in [0.1, 0.15) is 44.9 Å². The highest BCUT2D eigenvalue weighted by Crippen LogP contribution is 2.41. The van der Waals surface area contributed by atoms with Crippen LogP contribution in [-0.4, -0.2) is 30.1 Å². The molecule has 1 heterocycles. The normalized spacial score (nSPS) is 25.4. The second kappa shape index (κ2) is 3.79. The van der Waals surface area contributed by atoms with Crippen LogP contribution in [0, 0.1) is 0 Å². The van der Waals surface area contributed by atoms with Crippen LogP contribution in [0.4, 0.5) is 4.79 Å². The van der Waals surface area contributed by atoms with E-state index in [4.69, 9.17) is 0 Å². The van der Waals surface area contributed by atoms with Crippen LogP contribution in [0.2, 0.25) is 0 Å². The molecule has 1 saturated heterocycles. The first-order chi connectivity index (χ1) is 6.78. The standard InChI is InChI=1S/C11H20N2O/c1-12-10(14)13-9-5-8-11(13)6-3-2-4-7-11/h2-9H2,1H3,(H,12,14). The molecule has 3 nitrogen and oxygen atoms in total. The molecular weight excluding hydrogens is 176 g/mol. The van der Waals surface area contributed by atoms with Crippen molar-refractivity contribution >= 4 is 6.03 Å². The van der Waals surface area contributed by atoms with Crippen LogP contribution in [0.15, 0.2) is 0 Å². The first-order valence-corrected chi connectivity index (χ1v) is 5.78. The number of hydrogen-bond donors (Lipinski definition) is 1. The molecule has 0 aromatic heterocycles. The number of carbonyl (C=O) groups is 1. The quantitative estimate of drug-likeness (QED) is 0.632. The van der Waals surface area contributed by atoms with E-state index in [9.17, 15) is 4.79 Å². The summed E-state index contributed by atoms with van der Waals surface area (Å²) in [5.74, 6) is 0. The third-order valence-corrected chi connectivity index (χ3v) is 3.84. The van der Waals surface area contributed by atoms with E-state index < -0.39 is 0 Å². The molecule has 0 unspecified atom stereocenters. The van der Waals surface area contributed by atoms with Crippen molar-refractivity contribution in [2.45, 2.75) is 50.5 Å². The average Bonchev–Trinajstić information content (AvgIpc) is 2.62. The maximum atomic E-state index is 11.7. The third-order valence-electron chi connectivity index (χ3n) is 3.84. The SMILES string of the molecule is CNC(=O)N1CCCC12CCCCC2. The van der Waals surface area contributed by atoms with Crippen molar-refractivity contribution in [3.05, 3.63) is 0 Å². The van der Waals surface area contributed by atoms with Gasteiger partial charge in [0.1, 0.15) is 0 Å². The zero-order chi connectivity index (χ0) is 10.0. The number of likely N-dealkylation sites (tertiary alicyclic amines) is 1. The van der Waals surface area contributed by atoms with E-state index in [0.29, 0.717) is 0 Å². The Morgan fingerprint density at radius 2 is 1.79 bits per heavy atom. The van der Waals surface area contributed by atoms with Crippen LogP contribution in [0.3, 0.4) is 0 Å². The van der Waals surface area contributed by atoms with Crippen molar-refractivity contribution in [1.82, 2.24) is 10.2 Å². The summed E-state index contributed by atoms with van der Waals surface area (Å²) in [4.78, 5) is 13.8. The lowest BCUT2D eigenvalue weighted by Gasteiger charge is -2.41. The Balaban J connectivity index is 2.11. The number of hydrogen-bond acceptors (Lipinski definition) is 1. The lowest BCUT2D eigenvalue weighted by molar-refractivity contribution is 0.114. The van der Waals surface area contributed by atoms with Crippen molar-refractivity contribution in [1.29, 1.82) is 0 Å². The minimum absolute atomic E-state index is 0.129. The van der Waals surface area contributed by atoms with Gasteiger partial charge in [0.25, 0.3) is 0 Å². The molecule has 0 bridgehead atoms. The molecule has 0 radical (unpaired) electrons. The van der Waals surface area contributed by atoms with Gasteiger partial charge in [0.15, 0.2) is 0 Å². The fraction of sp³-hybridized carbons (Fsp3) is 0.909. The molecule has 0 atom stereocenters. The molecule has 2 fully saturated rings. The van der Waals surface area contributed by atoms with Gasteiger partial charge in [-0.25, -0.2) is 4.79 Å². The summed E-state index contributed by atoms with van der Waals surface area (Å²) in [5.41, 5.74) is 0.234. The van der Waals surface area contributed by atoms with E-state index in [2.05, 4.69) is 10.2 Å². The second-order valence-corrected chi connectivity index (χ2v) is 4.60. The number of carbonyl (C=O) groups excluding carboxylic acids is 1. The Labute approximate surface area is 85.8 Å². The van der Waals surface area contributed by atoms with Crippen molar-refractivity contribution < 1.29 is 4.79 Å². The number of rotatable bonds is 0. The Morgan fingerprint density at radius 3 is 2.43 bits per heavy atom. The Morgan fingerprint density at radius 1 is 1.14 bits per heavy atom. The molecule has 1 spiro atoms. The minimum atomic E-state index is 0.129. The van der Waals surface area contributed by atoms with Gasteiger partial charge in [-0.05, 0) is 25.7 Å². The van der Waals surface area contributed by atoms with Crippen LogP contribution < -0.4 is 5.32 Å². The average molecular weight is 196 g/mol. The summed E-state index contributed by atoms with van der Waals surface area (Å²) in [7, 11) is 1.73. The van der Waals surface area contributed by atoms with Gasteiger partial charge in [0.05, 0.1) is 0 Å². The van der Waals surface area contributed by atoms with Crippen LogP contribution in [0.5, 0.6) is 0 Å². The number of urea groups is 1. The van der Waals surface area contributed by atoms with Crippen LogP contribution in [0.25, 0.3) is 0 Å². The number of nitrogens with zero attached hydrogens (tertiary/aromatic N) is 1. The molecule has 2 aliphatic rings. The summed E-state index contributed by atoms with van der Waals surface area (Å²) in [6, 6.07) is 0.129. The molecule has 3 heteroatoms. The van der Waals surface area contributed by atoms with Crippen molar-refractivity contribution in [2.24, 2.45) is 0 Å². The molecule has 0 aromatic rings. The number of nitrogens with one attached hydrogen (secondary N) is 1. The van der Waals surface area contributed by atoms with Gasteiger partial charge < -0.3 is 10.2 Å². The molecule has 2 amide bonds. The molecule has 1 aliphatic carbocycles. The summed E-state index contributed by atoms with van der Waals surface area (Å²) in [5, 5.41) is 2.77. The summed E-state index contributed by atoms with van der Waals surface area (Å²) >= 11 is 0. The molecule has 1 saturated carbocycles. The van der Waals surface area contributed by atoms with Gasteiger partial charge >= 0.3 is 6.03 Å². The molecule has 1 N–H and O–H groups in total. The van der Waals surface area contributed by atoms with Crippen LogP contribution >= 0.6 is 0 Å². The van der Waals surface area contributed by atoms with E-state index in [0.717, 1.165) is 6.54 Å². The number of amides is 2. The van der Waals surface area contributed by atoms with Gasteiger partial charge in [-0.15, -0.1) is 0 Å². The Kier molecular flexibility index (Phi) is 2.66. The van der Waals surface area contributed by atoms with Crippen molar-refractivity contribution in [2.75, 3.05) is 13.6 Å². The highest BCUT2D eigenvalue weighted by molar-refractivity contribution is 5.75. The van der Waals surface area contributed by atoms with E-state index in [1.54, 1.807) is 7.05 Å². The van der Waals surface area contributed by atoms with Crippen LogP contribution in [-0.2, 0) is 0 Å². The lowest BCUT2D eigenvalue weighted by atomic mass is 9.80. The van der Waals surface area contributed by atoms with Crippen molar-refractivity contribution in [3.8, 4) is 0 Å². The molecule has 80 valence electrons. The Bertz CT molecular complexity index is 221. The topological polar surface area (TPSA) is 32.3 Å². The molecule has 14 heavy (non-hydrogen) atoms. The van der Waals surface area contributed by atoms with Crippen molar-refractivity contribution in [3.63, 3.8) is 0 Å². The van der Waals surface area contributed by atoms with E-state index in [1.165, 1.54) is 44.9 Å².